The minimum absolute atomic E-state index is 0.394. The van der Waals surface area contributed by atoms with Crippen molar-refractivity contribution in [2.45, 2.75) is 18.9 Å². The number of ether oxygens (including phenoxy) is 1. The van der Waals surface area contributed by atoms with Crippen molar-refractivity contribution in [1.29, 1.82) is 0 Å². The van der Waals surface area contributed by atoms with Gasteiger partial charge < -0.3 is 10.5 Å². The van der Waals surface area contributed by atoms with E-state index < -0.39 is 0 Å². The number of rotatable bonds is 2. The third kappa shape index (κ3) is 1.55. The van der Waals surface area contributed by atoms with E-state index >= 15 is 0 Å². The summed E-state index contributed by atoms with van der Waals surface area (Å²) < 4.78 is 6.55. The molecule has 0 spiro atoms. The van der Waals surface area contributed by atoms with Crippen LogP contribution in [0.15, 0.2) is 22.7 Å². The molecule has 0 amide bonds. The van der Waals surface area contributed by atoms with Crippen LogP contribution in [0.1, 0.15) is 12.8 Å². The number of hydrogen-bond acceptors (Lipinski definition) is 2. The van der Waals surface area contributed by atoms with Crippen molar-refractivity contribution in [2.75, 3.05) is 5.73 Å². The normalized spacial score (nSPS) is 16.1. The Kier molecular flexibility index (Phi) is 1.97. The van der Waals surface area contributed by atoms with Crippen LogP contribution in [0.25, 0.3) is 0 Å². The van der Waals surface area contributed by atoms with Crippen molar-refractivity contribution in [3.8, 4) is 5.75 Å². The summed E-state index contributed by atoms with van der Waals surface area (Å²) >= 11 is 3.40. The molecule has 0 saturated heterocycles. The minimum Gasteiger partial charge on any atom is -0.487 e. The van der Waals surface area contributed by atoms with Crippen LogP contribution in [0.5, 0.6) is 5.75 Å². The first-order valence-corrected chi connectivity index (χ1v) is 4.77. The summed E-state index contributed by atoms with van der Waals surface area (Å²) in [7, 11) is 0. The highest BCUT2D eigenvalue weighted by molar-refractivity contribution is 9.10. The van der Waals surface area contributed by atoms with Crippen LogP contribution in [0.2, 0.25) is 0 Å². The molecule has 0 unspecified atom stereocenters. The van der Waals surface area contributed by atoms with Crippen LogP contribution in [0.3, 0.4) is 0 Å². The highest BCUT2D eigenvalue weighted by Crippen LogP contribution is 2.36. The van der Waals surface area contributed by atoms with E-state index in [1.807, 2.05) is 18.2 Å². The first-order valence-electron chi connectivity index (χ1n) is 3.98. The second kappa shape index (κ2) is 2.98. The molecule has 0 aliphatic heterocycles. The Bertz CT molecular complexity index is 276. The average Bonchev–Trinajstić information content (AvgIpc) is 2.80. The molecule has 2 rings (SSSR count). The van der Waals surface area contributed by atoms with Crippen molar-refractivity contribution in [1.82, 2.24) is 0 Å². The molecule has 2 N–H and O–H groups in total. The predicted octanol–water partition coefficient (Wildman–Crippen LogP) is 2.57. The molecule has 0 atom stereocenters. The van der Waals surface area contributed by atoms with E-state index in [0.717, 1.165) is 23.1 Å². The highest BCUT2D eigenvalue weighted by atomic mass is 79.9. The molecule has 0 radical (unpaired) electrons. The number of anilines is 1. The number of nitrogens with two attached hydrogens (primary N) is 1. The predicted molar refractivity (Wildman–Crippen MR) is 52.2 cm³/mol. The smallest absolute Gasteiger partial charge is 0.156 e. The van der Waals surface area contributed by atoms with Crippen LogP contribution in [0.4, 0.5) is 5.69 Å². The van der Waals surface area contributed by atoms with Gasteiger partial charge in [-0.05, 0) is 40.9 Å². The molecule has 1 saturated carbocycles. The zero-order valence-electron chi connectivity index (χ0n) is 6.59. The molecule has 1 aliphatic carbocycles. The van der Waals surface area contributed by atoms with E-state index in [0.29, 0.717) is 11.8 Å². The Labute approximate surface area is 79.8 Å². The molecule has 12 heavy (non-hydrogen) atoms. The van der Waals surface area contributed by atoms with Crippen molar-refractivity contribution < 1.29 is 4.74 Å². The first-order chi connectivity index (χ1) is 5.77. The van der Waals surface area contributed by atoms with Gasteiger partial charge in [-0.3, -0.25) is 0 Å². The van der Waals surface area contributed by atoms with Crippen molar-refractivity contribution in [3.63, 3.8) is 0 Å². The van der Waals surface area contributed by atoms with Gasteiger partial charge in [0.15, 0.2) is 5.75 Å². The molecular formula is C9H10BrNO. The van der Waals surface area contributed by atoms with E-state index in [1.54, 1.807) is 0 Å². The molecule has 0 bridgehead atoms. The Balaban J connectivity index is 2.26. The molecule has 64 valence electrons. The SMILES string of the molecule is Nc1cccc(Br)c1OC1CC1. The molecular weight excluding hydrogens is 218 g/mol. The van der Waals surface area contributed by atoms with Crippen molar-refractivity contribution in [3.05, 3.63) is 22.7 Å². The van der Waals surface area contributed by atoms with Crippen LogP contribution in [-0.4, -0.2) is 6.10 Å². The van der Waals surface area contributed by atoms with Gasteiger partial charge >= 0.3 is 0 Å². The molecule has 1 aromatic rings. The van der Waals surface area contributed by atoms with E-state index in [2.05, 4.69) is 15.9 Å². The third-order valence-corrected chi connectivity index (χ3v) is 2.43. The van der Waals surface area contributed by atoms with Crippen LogP contribution in [0, 0.1) is 0 Å². The van der Waals surface area contributed by atoms with Gasteiger partial charge in [0.25, 0.3) is 0 Å². The van der Waals surface area contributed by atoms with Gasteiger partial charge in [0, 0.05) is 0 Å². The maximum absolute atomic E-state index is 5.74. The number of halogens is 1. The number of hydrogen-bond donors (Lipinski definition) is 1. The van der Waals surface area contributed by atoms with E-state index in [9.17, 15) is 0 Å². The third-order valence-electron chi connectivity index (χ3n) is 1.81. The molecule has 0 aromatic heterocycles. The number of nitrogen functional groups attached to an aromatic ring is 1. The van der Waals surface area contributed by atoms with Crippen LogP contribution < -0.4 is 10.5 Å². The van der Waals surface area contributed by atoms with E-state index in [4.69, 9.17) is 10.5 Å². The quantitative estimate of drug-likeness (QED) is 0.789. The Morgan fingerprint density at radius 1 is 1.42 bits per heavy atom. The Morgan fingerprint density at radius 3 is 2.75 bits per heavy atom. The van der Waals surface area contributed by atoms with Gasteiger partial charge in [0.05, 0.1) is 16.3 Å². The van der Waals surface area contributed by atoms with Crippen molar-refractivity contribution in [2.24, 2.45) is 0 Å². The number of benzene rings is 1. The standard InChI is InChI=1S/C9H10BrNO/c10-7-2-1-3-8(11)9(7)12-6-4-5-6/h1-3,6H,4-5,11H2. The molecule has 2 nitrogen and oxygen atoms in total. The lowest BCUT2D eigenvalue weighted by Gasteiger charge is -2.08. The maximum Gasteiger partial charge on any atom is 0.156 e. The first kappa shape index (κ1) is 7.92. The maximum atomic E-state index is 5.74. The van der Waals surface area contributed by atoms with E-state index in [1.165, 1.54) is 0 Å². The average molecular weight is 228 g/mol. The van der Waals surface area contributed by atoms with Crippen LogP contribution >= 0.6 is 15.9 Å². The summed E-state index contributed by atoms with van der Waals surface area (Å²) in [5.41, 5.74) is 6.45. The Morgan fingerprint density at radius 2 is 2.17 bits per heavy atom. The molecule has 0 heterocycles. The summed E-state index contributed by atoms with van der Waals surface area (Å²) in [4.78, 5) is 0. The Hall–Kier alpha value is -0.700. The summed E-state index contributed by atoms with van der Waals surface area (Å²) in [6.07, 6.45) is 2.70. The fourth-order valence-corrected chi connectivity index (χ4v) is 1.48. The zero-order valence-corrected chi connectivity index (χ0v) is 8.17. The second-order valence-electron chi connectivity index (χ2n) is 2.98. The largest absolute Gasteiger partial charge is 0.487 e. The van der Waals surface area contributed by atoms with Gasteiger partial charge in [-0.2, -0.15) is 0 Å². The monoisotopic (exact) mass is 227 g/mol. The molecule has 3 heteroatoms. The van der Waals surface area contributed by atoms with Crippen LogP contribution in [-0.2, 0) is 0 Å². The highest BCUT2D eigenvalue weighted by Gasteiger charge is 2.25. The van der Waals surface area contributed by atoms with E-state index in [-0.39, 0.29) is 0 Å². The summed E-state index contributed by atoms with van der Waals surface area (Å²) in [6, 6.07) is 5.69. The fourth-order valence-electron chi connectivity index (χ4n) is 1.00. The van der Waals surface area contributed by atoms with Gasteiger partial charge in [0.2, 0.25) is 0 Å². The lowest BCUT2D eigenvalue weighted by Crippen LogP contribution is -2.00. The van der Waals surface area contributed by atoms with Gasteiger partial charge in [-0.25, -0.2) is 0 Å². The molecule has 1 fully saturated rings. The van der Waals surface area contributed by atoms with Gasteiger partial charge in [-0.15, -0.1) is 0 Å². The molecule has 1 aromatic carbocycles. The zero-order chi connectivity index (χ0) is 8.55. The summed E-state index contributed by atoms with van der Waals surface area (Å²) in [5, 5.41) is 0. The number of para-hydroxylation sites is 1. The molecule has 1 aliphatic rings. The second-order valence-corrected chi connectivity index (χ2v) is 3.83. The fraction of sp³-hybridized carbons (Fsp3) is 0.333. The van der Waals surface area contributed by atoms with Gasteiger partial charge in [0.1, 0.15) is 0 Å². The minimum atomic E-state index is 0.394. The summed E-state index contributed by atoms with van der Waals surface area (Å²) in [6.45, 7) is 0. The lowest BCUT2D eigenvalue weighted by molar-refractivity contribution is 0.303. The van der Waals surface area contributed by atoms with Crippen molar-refractivity contribution >= 4 is 21.6 Å². The topological polar surface area (TPSA) is 35.2 Å². The lowest BCUT2D eigenvalue weighted by atomic mass is 10.3. The van der Waals surface area contributed by atoms with Gasteiger partial charge in [-0.1, -0.05) is 6.07 Å². The summed E-state index contributed by atoms with van der Waals surface area (Å²) in [5.74, 6) is 0.792.